The maximum atomic E-state index is 12.6. The zero-order valence-electron chi connectivity index (χ0n) is 10.7. The number of halogens is 2. The SMILES string of the molecule is CCCNC1CC2CCCC(C1)N2CC(F)F. The Labute approximate surface area is 103 Å². The van der Waals surface area contributed by atoms with E-state index in [9.17, 15) is 8.78 Å². The lowest BCUT2D eigenvalue weighted by atomic mass is 9.81. The van der Waals surface area contributed by atoms with E-state index in [1.807, 2.05) is 0 Å². The van der Waals surface area contributed by atoms with Crippen LogP contribution in [0.3, 0.4) is 0 Å². The molecule has 0 radical (unpaired) electrons. The Bertz CT molecular complexity index is 221. The number of fused-ring (bicyclic) bond motifs is 2. The normalized spacial score (nSPS) is 34.2. The molecule has 2 saturated heterocycles. The smallest absolute Gasteiger partial charge is 0.251 e. The highest BCUT2D eigenvalue weighted by Crippen LogP contribution is 2.34. The molecule has 2 fully saturated rings. The summed E-state index contributed by atoms with van der Waals surface area (Å²) >= 11 is 0. The first-order chi connectivity index (χ1) is 8.20. The maximum Gasteiger partial charge on any atom is 0.251 e. The average Bonchev–Trinajstić information content (AvgIpc) is 2.26. The molecule has 0 aromatic heterocycles. The summed E-state index contributed by atoms with van der Waals surface area (Å²) in [6.07, 6.45) is 4.51. The summed E-state index contributed by atoms with van der Waals surface area (Å²) in [6.45, 7) is 3.20. The molecule has 2 atom stereocenters. The second-order valence-corrected chi connectivity index (χ2v) is 5.45. The van der Waals surface area contributed by atoms with Crippen LogP contribution in [0.15, 0.2) is 0 Å². The van der Waals surface area contributed by atoms with E-state index in [4.69, 9.17) is 0 Å². The van der Waals surface area contributed by atoms with E-state index in [1.165, 1.54) is 6.42 Å². The Morgan fingerprint density at radius 2 is 1.88 bits per heavy atom. The highest BCUT2D eigenvalue weighted by atomic mass is 19.3. The van der Waals surface area contributed by atoms with Crippen molar-refractivity contribution in [2.24, 2.45) is 0 Å². The van der Waals surface area contributed by atoms with Gasteiger partial charge in [0.05, 0.1) is 6.54 Å². The van der Waals surface area contributed by atoms with Crippen molar-refractivity contribution in [2.45, 2.75) is 70.0 Å². The van der Waals surface area contributed by atoms with Crippen molar-refractivity contribution in [1.29, 1.82) is 0 Å². The number of piperidine rings is 2. The van der Waals surface area contributed by atoms with Crippen LogP contribution in [0.1, 0.15) is 45.4 Å². The first-order valence-electron chi connectivity index (χ1n) is 6.98. The van der Waals surface area contributed by atoms with Gasteiger partial charge in [0.25, 0.3) is 6.43 Å². The molecule has 0 saturated carbocycles. The Morgan fingerprint density at radius 1 is 1.24 bits per heavy atom. The fraction of sp³-hybridized carbons (Fsp3) is 1.00. The molecule has 2 bridgehead atoms. The van der Waals surface area contributed by atoms with Crippen LogP contribution in [-0.4, -0.2) is 42.5 Å². The molecule has 2 nitrogen and oxygen atoms in total. The van der Waals surface area contributed by atoms with E-state index in [0.717, 1.165) is 38.6 Å². The Kier molecular flexibility index (Phi) is 4.74. The molecular weight excluding hydrogens is 222 g/mol. The van der Waals surface area contributed by atoms with Gasteiger partial charge >= 0.3 is 0 Å². The van der Waals surface area contributed by atoms with Crippen molar-refractivity contribution in [3.8, 4) is 0 Å². The lowest BCUT2D eigenvalue weighted by molar-refractivity contribution is -0.0193. The molecule has 100 valence electrons. The largest absolute Gasteiger partial charge is 0.314 e. The lowest BCUT2D eigenvalue weighted by Crippen LogP contribution is -2.57. The standard InChI is InChI=1S/C13H24F2N2/c1-2-6-16-10-7-11-4-3-5-12(8-10)17(11)9-13(14)15/h10-13,16H,2-9H2,1H3. The molecule has 4 heteroatoms. The lowest BCUT2D eigenvalue weighted by Gasteiger charge is -2.49. The minimum Gasteiger partial charge on any atom is -0.314 e. The molecular formula is C13H24F2N2. The summed E-state index contributed by atoms with van der Waals surface area (Å²) in [5.74, 6) is 0. The number of hydrogen-bond donors (Lipinski definition) is 1. The monoisotopic (exact) mass is 246 g/mol. The van der Waals surface area contributed by atoms with Gasteiger partial charge in [-0.05, 0) is 38.6 Å². The molecule has 2 unspecified atom stereocenters. The predicted octanol–water partition coefficient (Wildman–Crippen LogP) is 2.64. The summed E-state index contributed by atoms with van der Waals surface area (Å²) < 4.78 is 25.1. The van der Waals surface area contributed by atoms with Gasteiger partial charge in [0.2, 0.25) is 0 Å². The highest BCUT2D eigenvalue weighted by molar-refractivity contribution is 4.95. The second kappa shape index (κ2) is 6.10. The van der Waals surface area contributed by atoms with E-state index >= 15 is 0 Å². The van der Waals surface area contributed by atoms with E-state index in [1.54, 1.807) is 0 Å². The summed E-state index contributed by atoms with van der Waals surface area (Å²) in [7, 11) is 0. The van der Waals surface area contributed by atoms with Crippen LogP contribution in [0.4, 0.5) is 8.78 Å². The van der Waals surface area contributed by atoms with Gasteiger partial charge in [-0.1, -0.05) is 13.3 Å². The van der Waals surface area contributed by atoms with Crippen LogP contribution in [0.5, 0.6) is 0 Å². The second-order valence-electron chi connectivity index (χ2n) is 5.45. The van der Waals surface area contributed by atoms with Crippen LogP contribution in [-0.2, 0) is 0 Å². The average molecular weight is 246 g/mol. The minimum atomic E-state index is -2.18. The topological polar surface area (TPSA) is 15.3 Å². The summed E-state index contributed by atoms with van der Waals surface area (Å²) in [6, 6.07) is 1.34. The molecule has 0 aromatic carbocycles. The van der Waals surface area contributed by atoms with Crippen LogP contribution >= 0.6 is 0 Å². The van der Waals surface area contributed by atoms with E-state index in [0.29, 0.717) is 18.1 Å². The zero-order valence-corrected chi connectivity index (χ0v) is 10.7. The van der Waals surface area contributed by atoms with Gasteiger partial charge in [0, 0.05) is 18.1 Å². The molecule has 17 heavy (non-hydrogen) atoms. The van der Waals surface area contributed by atoms with Gasteiger partial charge in [0.1, 0.15) is 0 Å². The third-order valence-electron chi connectivity index (χ3n) is 4.16. The van der Waals surface area contributed by atoms with E-state index in [-0.39, 0.29) is 6.54 Å². The van der Waals surface area contributed by atoms with Gasteiger partial charge in [-0.25, -0.2) is 8.78 Å². The molecule has 0 spiro atoms. The maximum absolute atomic E-state index is 12.6. The first kappa shape index (κ1) is 13.2. The fourth-order valence-electron chi connectivity index (χ4n) is 3.45. The number of alkyl halides is 2. The van der Waals surface area contributed by atoms with Crippen molar-refractivity contribution in [2.75, 3.05) is 13.1 Å². The molecule has 2 aliphatic heterocycles. The molecule has 0 aromatic rings. The van der Waals surface area contributed by atoms with Gasteiger partial charge in [-0.3, -0.25) is 4.90 Å². The number of rotatable bonds is 5. The number of nitrogens with zero attached hydrogens (tertiary/aromatic N) is 1. The summed E-state index contributed by atoms with van der Waals surface area (Å²) in [4.78, 5) is 2.08. The van der Waals surface area contributed by atoms with Gasteiger partial charge < -0.3 is 5.32 Å². The van der Waals surface area contributed by atoms with Crippen molar-refractivity contribution >= 4 is 0 Å². The van der Waals surface area contributed by atoms with E-state index < -0.39 is 6.43 Å². The zero-order chi connectivity index (χ0) is 12.3. The summed E-state index contributed by atoms with van der Waals surface area (Å²) in [5.41, 5.74) is 0. The Morgan fingerprint density at radius 3 is 2.41 bits per heavy atom. The Hall–Kier alpha value is -0.220. The highest BCUT2D eigenvalue weighted by Gasteiger charge is 2.38. The molecule has 2 rings (SSSR count). The Balaban J connectivity index is 1.91. The molecule has 0 amide bonds. The van der Waals surface area contributed by atoms with Gasteiger partial charge in [-0.2, -0.15) is 0 Å². The predicted molar refractivity (Wildman–Crippen MR) is 65.5 cm³/mol. The molecule has 0 aliphatic carbocycles. The number of hydrogen-bond acceptors (Lipinski definition) is 2. The van der Waals surface area contributed by atoms with Gasteiger partial charge in [-0.15, -0.1) is 0 Å². The van der Waals surface area contributed by atoms with Crippen molar-refractivity contribution < 1.29 is 8.78 Å². The number of nitrogens with one attached hydrogen (secondary N) is 1. The third-order valence-corrected chi connectivity index (χ3v) is 4.16. The summed E-state index contributed by atoms with van der Waals surface area (Å²) in [5, 5.41) is 3.56. The molecule has 1 N–H and O–H groups in total. The molecule has 2 aliphatic rings. The van der Waals surface area contributed by atoms with Crippen LogP contribution in [0, 0.1) is 0 Å². The van der Waals surface area contributed by atoms with Crippen LogP contribution < -0.4 is 5.32 Å². The van der Waals surface area contributed by atoms with Crippen LogP contribution in [0.2, 0.25) is 0 Å². The molecule has 2 heterocycles. The van der Waals surface area contributed by atoms with Gasteiger partial charge in [0.15, 0.2) is 0 Å². The fourth-order valence-corrected chi connectivity index (χ4v) is 3.45. The quantitative estimate of drug-likeness (QED) is 0.802. The van der Waals surface area contributed by atoms with Crippen molar-refractivity contribution in [3.05, 3.63) is 0 Å². The van der Waals surface area contributed by atoms with Crippen LogP contribution in [0.25, 0.3) is 0 Å². The van der Waals surface area contributed by atoms with Crippen molar-refractivity contribution in [3.63, 3.8) is 0 Å². The first-order valence-corrected chi connectivity index (χ1v) is 6.98. The van der Waals surface area contributed by atoms with E-state index in [2.05, 4.69) is 17.1 Å². The third kappa shape index (κ3) is 3.38. The minimum absolute atomic E-state index is 0.0180. The van der Waals surface area contributed by atoms with Crippen molar-refractivity contribution in [1.82, 2.24) is 10.2 Å².